The van der Waals surface area contributed by atoms with Crippen molar-refractivity contribution < 1.29 is 14.2 Å². The van der Waals surface area contributed by atoms with E-state index in [0.717, 1.165) is 24.8 Å². The van der Waals surface area contributed by atoms with E-state index < -0.39 is 6.10 Å². The summed E-state index contributed by atoms with van der Waals surface area (Å²) in [5, 5.41) is 10.2. The number of rotatable bonds is 0. The van der Waals surface area contributed by atoms with Crippen LogP contribution in [-0.4, -0.2) is 10.7 Å². The van der Waals surface area contributed by atoms with Crippen LogP contribution in [0.2, 0.25) is 0 Å². The summed E-state index contributed by atoms with van der Waals surface area (Å²) in [6.07, 6.45) is 3.31. The highest BCUT2D eigenvalue weighted by atomic mass is 19.1. The Bertz CT molecular complexity index is 446. The van der Waals surface area contributed by atoms with E-state index in [1.54, 1.807) is 6.07 Å². The fraction of sp³-hybridized carbons (Fsp3) is 0.571. The Morgan fingerprint density at radius 1 is 1.47 bits per heavy atom. The molecule has 0 radical (unpaired) electrons. The topological polar surface area (TPSA) is 29.5 Å². The summed E-state index contributed by atoms with van der Waals surface area (Å²) in [7, 11) is 0. The molecule has 1 heterocycles. The van der Waals surface area contributed by atoms with Crippen LogP contribution in [-0.2, 0) is 0 Å². The number of halogens is 1. The van der Waals surface area contributed by atoms with Gasteiger partial charge in [0.25, 0.3) is 0 Å². The fourth-order valence-electron chi connectivity index (χ4n) is 3.24. The molecule has 0 aromatic heterocycles. The Morgan fingerprint density at radius 2 is 2.29 bits per heavy atom. The predicted molar refractivity (Wildman–Crippen MR) is 62.4 cm³/mol. The Morgan fingerprint density at radius 3 is 3.00 bits per heavy atom. The molecule has 1 fully saturated rings. The van der Waals surface area contributed by atoms with Crippen LogP contribution in [0.15, 0.2) is 18.2 Å². The van der Waals surface area contributed by atoms with Gasteiger partial charge in [0.2, 0.25) is 0 Å². The zero-order chi connectivity index (χ0) is 12.0. The minimum absolute atomic E-state index is 0.278. The smallest absolute Gasteiger partial charge is 0.128 e. The zero-order valence-corrected chi connectivity index (χ0v) is 9.95. The molecule has 0 saturated heterocycles. The van der Waals surface area contributed by atoms with Gasteiger partial charge >= 0.3 is 0 Å². The van der Waals surface area contributed by atoms with Crippen LogP contribution < -0.4 is 4.74 Å². The van der Waals surface area contributed by atoms with Gasteiger partial charge in [-0.15, -0.1) is 0 Å². The molecule has 2 aliphatic rings. The molecule has 92 valence electrons. The third-order valence-electron chi connectivity index (χ3n) is 4.32. The molecule has 1 aliphatic carbocycles. The fourth-order valence-corrected chi connectivity index (χ4v) is 3.24. The van der Waals surface area contributed by atoms with Crippen LogP contribution in [0, 0.1) is 11.7 Å². The number of benzene rings is 1. The molecule has 1 saturated carbocycles. The van der Waals surface area contributed by atoms with Gasteiger partial charge < -0.3 is 9.84 Å². The Kier molecular flexibility index (Phi) is 2.40. The van der Waals surface area contributed by atoms with E-state index in [1.165, 1.54) is 12.1 Å². The predicted octanol–water partition coefficient (Wildman–Crippen LogP) is 3.20. The number of hydrogen-bond acceptors (Lipinski definition) is 2. The highest BCUT2D eigenvalue weighted by Gasteiger charge is 2.47. The van der Waals surface area contributed by atoms with Gasteiger partial charge in [-0.3, -0.25) is 0 Å². The summed E-state index contributed by atoms with van der Waals surface area (Å²) >= 11 is 0. The van der Waals surface area contributed by atoms with Crippen LogP contribution in [0.1, 0.15) is 44.3 Å². The molecule has 3 heteroatoms. The van der Waals surface area contributed by atoms with E-state index in [4.69, 9.17) is 4.74 Å². The Balaban J connectivity index is 2.02. The number of ether oxygens (including phenoxy) is 1. The lowest BCUT2D eigenvalue weighted by molar-refractivity contribution is -0.0358. The van der Waals surface area contributed by atoms with Crippen molar-refractivity contribution in [2.45, 2.75) is 44.3 Å². The van der Waals surface area contributed by atoms with E-state index in [2.05, 4.69) is 6.92 Å². The molecule has 1 aromatic rings. The van der Waals surface area contributed by atoms with Crippen LogP contribution in [0.25, 0.3) is 0 Å². The third kappa shape index (κ3) is 1.64. The highest BCUT2D eigenvalue weighted by Crippen LogP contribution is 2.49. The van der Waals surface area contributed by atoms with Gasteiger partial charge in [-0.25, -0.2) is 4.39 Å². The minimum atomic E-state index is -0.528. The average molecular weight is 236 g/mol. The number of hydrogen-bond donors (Lipinski definition) is 1. The number of aliphatic hydroxyl groups excluding tert-OH is 1. The molecule has 0 bridgehead atoms. The van der Waals surface area contributed by atoms with Gasteiger partial charge in [-0.2, -0.15) is 0 Å². The van der Waals surface area contributed by atoms with Crippen LogP contribution in [0.4, 0.5) is 4.39 Å². The molecule has 2 nitrogen and oxygen atoms in total. The molecule has 1 aromatic carbocycles. The standard InChI is InChI=1S/C14H17FO2/c1-9-3-2-6-14(9)8-12(16)11-5-4-10(15)7-13(11)17-14/h4-5,7,9,12,16H,2-3,6,8H2,1H3. The second-order valence-corrected chi connectivity index (χ2v) is 5.36. The van der Waals surface area contributed by atoms with Crippen molar-refractivity contribution in [2.75, 3.05) is 0 Å². The molecular weight excluding hydrogens is 219 g/mol. The van der Waals surface area contributed by atoms with E-state index in [1.807, 2.05) is 0 Å². The maximum Gasteiger partial charge on any atom is 0.128 e. The van der Waals surface area contributed by atoms with Crippen molar-refractivity contribution >= 4 is 0 Å². The van der Waals surface area contributed by atoms with Crippen molar-refractivity contribution in [3.63, 3.8) is 0 Å². The maximum atomic E-state index is 13.2. The number of aliphatic hydroxyl groups is 1. The third-order valence-corrected chi connectivity index (χ3v) is 4.32. The lowest BCUT2D eigenvalue weighted by atomic mass is 9.82. The molecule has 1 N–H and O–H groups in total. The molecule has 3 unspecified atom stereocenters. The lowest BCUT2D eigenvalue weighted by Gasteiger charge is -2.41. The largest absolute Gasteiger partial charge is 0.486 e. The van der Waals surface area contributed by atoms with Crippen molar-refractivity contribution in [1.82, 2.24) is 0 Å². The van der Waals surface area contributed by atoms with E-state index in [-0.39, 0.29) is 11.4 Å². The SMILES string of the molecule is CC1CCCC12CC(O)c1ccc(F)cc1O2. The second kappa shape index (κ2) is 3.70. The van der Waals surface area contributed by atoms with Gasteiger partial charge in [0, 0.05) is 18.1 Å². The molecule has 3 atom stereocenters. The quantitative estimate of drug-likeness (QED) is 0.749. The summed E-state index contributed by atoms with van der Waals surface area (Å²) in [5.74, 6) is 0.643. The van der Waals surface area contributed by atoms with Crippen molar-refractivity contribution in [3.8, 4) is 5.75 Å². The second-order valence-electron chi connectivity index (χ2n) is 5.36. The summed E-state index contributed by atoms with van der Waals surface area (Å²) in [6, 6.07) is 4.40. The highest BCUT2D eigenvalue weighted by molar-refractivity contribution is 5.39. The van der Waals surface area contributed by atoms with Crippen molar-refractivity contribution in [2.24, 2.45) is 5.92 Å². The van der Waals surface area contributed by atoms with E-state index >= 15 is 0 Å². The first-order chi connectivity index (χ1) is 8.11. The first-order valence-electron chi connectivity index (χ1n) is 6.27. The zero-order valence-electron chi connectivity index (χ0n) is 9.95. The van der Waals surface area contributed by atoms with Gasteiger partial charge in [-0.05, 0) is 37.3 Å². The molecule has 1 aliphatic heterocycles. The Hall–Kier alpha value is -1.09. The van der Waals surface area contributed by atoms with E-state index in [0.29, 0.717) is 18.1 Å². The van der Waals surface area contributed by atoms with Gasteiger partial charge in [0.15, 0.2) is 0 Å². The molecule has 0 amide bonds. The molecular formula is C14H17FO2. The van der Waals surface area contributed by atoms with Gasteiger partial charge in [-0.1, -0.05) is 6.92 Å². The minimum Gasteiger partial charge on any atom is -0.486 e. The molecule has 1 spiro atoms. The first-order valence-corrected chi connectivity index (χ1v) is 6.27. The maximum absolute atomic E-state index is 13.2. The van der Waals surface area contributed by atoms with Crippen molar-refractivity contribution in [1.29, 1.82) is 0 Å². The van der Waals surface area contributed by atoms with Crippen molar-refractivity contribution in [3.05, 3.63) is 29.6 Å². The van der Waals surface area contributed by atoms with Crippen LogP contribution in [0.3, 0.4) is 0 Å². The van der Waals surface area contributed by atoms with Crippen LogP contribution >= 0.6 is 0 Å². The van der Waals surface area contributed by atoms with Gasteiger partial charge in [0.1, 0.15) is 17.2 Å². The first kappa shape index (κ1) is 11.0. The molecule has 17 heavy (non-hydrogen) atoms. The summed E-state index contributed by atoms with van der Waals surface area (Å²) in [6.45, 7) is 2.16. The summed E-state index contributed by atoms with van der Waals surface area (Å²) in [5.41, 5.74) is 0.441. The summed E-state index contributed by atoms with van der Waals surface area (Å²) < 4.78 is 19.3. The summed E-state index contributed by atoms with van der Waals surface area (Å²) in [4.78, 5) is 0. The molecule has 3 rings (SSSR count). The monoisotopic (exact) mass is 236 g/mol. The average Bonchev–Trinajstić information content (AvgIpc) is 2.59. The lowest BCUT2D eigenvalue weighted by Crippen LogP contribution is -2.43. The number of fused-ring (bicyclic) bond motifs is 1. The normalized spacial score (nSPS) is 35.7. The van der Waals surface area contributed by atoms with Gasteiger partial charge in [0.05, 0.1) is 6.10 Å². The van der Waals surface area contributed by atoms with Crippen LogP contribution in [0.5, 0.6) is 5.75 Å². The van der Waals surface area contributed by atoms with E-state index in [9.17, 15) is 9.50 Å². The Labute approximate surface area is 100 Å².